The van der Waals surface area contributed by atoms with Gasteiger partial charge in [-0.25, -0.2) is 0 Å². The van der Waals surface area contributed by atoms with E-state index in [2.05, 4.69) is 87.5 Å². The minimum atomic E-state index is 1.32. The van der Waals surface area contributed by atoms with E-state index in [4.69, 9.17) is 0 Å². The predicted molar refractivity (Wildman–Crippen MR) is 111 cm³/mol. The van der Waals surface area contributed by atoms with Gasteiger partial charge in [0.1, 0.15) is 0 Å². The molecule has 0 aliphatic rings. The highest BCUT2D eigenvalue weighted by Crippen LogP contribution is 2.32. The molecule has 5 aromatic carbocycles. The van der Waals surface area contributed by atoms with Crippen LogP contribution in [0.25, 0.3) is 43.1 Å². The lowest BCUT2D eigenvalue weighted by Gasteiger charge is -2.10. The first kappa shape index (κ1) is 14.5. The van der Waals surface area contributed by atoms with Gasteiger partial charge in [0.15, 0.2) is 0 Å². The summed E-state index contributed by atoms with van der Waals surface area (Å²) in [5, 5.41) is 10.7. The lowest BCUT2D eigenvalue weighted by Crippen LogP contribution is -1.85. The molecule has 0 nitrogen and oxygen atoms in total. The molecule has 0 fully saturated rings. The first-order valence-electron chi connectivity index (χ1n) is 8.87. The Balaban J connectivity index is 1.93. The third-order valence-electron chi connectivity index (χ3n) is 5.58. The van der Waals surface area contributed by atoms with E-state index in [0.717, 1.165) is 0 Å². The Labute approximate surface area is 147 Å². The highest BCUT2D eigenvalue weighted by molar-refractivity contribution is 6.09. The molecule has 5 aromatic rings. The molecule has 0 N–H and O–H groups in total. The first-order valence-corrected chi connectivity index (χ1v) is 8.87. The maximum absolute atomic E-state index is 2.36. The predicted octanol–water partition coefficient (Wildman–Crippen LogP) is 7.22. The van der Waals surface area contributed by atoms with E-state index < -0.39 is 0 Å². The van der Waals surface area contributed by atoms with E-state index in [1.165, 1.54) is 59.8 Å². The first-order chi connectivity index (χ1) is 12.1. The van der Waals surface area contributed by atoms with Crippen LogP contribution in [-0.4, -0.2) is 0 Å². The van der Waals surface area contributed by atoms with Crippen molar-refractivity contribution in [2.45, 2.75) is 20.8 Å². The third-order valence-corrected chi connectivity index (χ3v) is 5.58. The zero-order chi connectivity index (χ0) is 17.1. The van der Waals surface area contributed by atoms with Crippen LogP contribution in [0.15, 0.2) is 66.7 Å². The fraction of sp³-hybridized carbons (Fsp3) is 0.120. The second-order valence-corrected chi connectivity index (χ2v) is 7.29. The van der Waals surface area contributed by atoms with Crippen LogP contribution in [0.5, 0.6) is 0 Å². The minimum Gasteiger partial charge on any atom is -0.0614 e. The van der Waals surface area contributed by atoms with Crippen molar-refractivity contribution in [3.63, 3.8) is 0 Å². The van der Waals surface area contributed by atoms with Gasteiger partial charge in [-0.2, -0.15) is 0 Å². The summed E-state index contributed by atoms with van der Waals surface area (Å²) in [4.78, 5) is 0. The molecule has 5 rings (SSSR count). The summed E-state index contributed by atoms with van der Waals surface area (Å²) in [6.07, 6.45) is 0. The van der Waals surface area contributed by atoms with Crippen molar-refractivity contribution in [1.29, 1.82) is 0 Å². The van der Waals surface area contributed by atoms with Crippen molar-refractivity contribution in [3.8, 4) is 0 Å². The molecule has 0 saturated carbocycles. The molecular weight excluding hydrogens is 300 g/mol. The molecule has 0 amide bonds. The van der Waals surface area contributed by atoms with Gasteiger partial charge in [-0.05, 0) is 117 Å². The van der Waals surface area contributed by atoms with Crippen molar-refractivity contribution < 1.29 is 0 Å². The maximum atomic E-state index is 2.36. The summed E-state index contributed by atoms with van der Waals surface area (Å²) in [7, 11) is 0. The van der Waals surface area contributed by atoms with Gasteiger partial charge >= 0.3 is 0 Å². The Hall–Kier alpha value is -2.86. The van der Waals surface area contributed by atoms with Crippen LogP contribution in [0.4, 0.5) is 0 Å². The van der Waals surface area contributed by atoms with Crippen LogP contribution in [0.3, 0.4) is 0 Å². The van der Waals surface area contributed by atoms with E-state index in [0.29, 0.717) is 0 Å². The molecule has 0 heterocycles. The lowest BCUT2D eigenvalue weighted by molar-refractivity contribution is 1.47. The van der Waals surface area contributed by atoms with Gasteiger partial charge < -0.3 is 0 Å². The average Bonchev–Trinajstić information content (AvgIpc) is 2.61. The van der Waals surface area contributed by atoms with Crippen molar-refractivity contribution in [1.82, 2.24) is 0 Å². The molecule has 0 aliphatic carbocycles. The summed E-state index contributed by atoms with van der Waals surface area (Å²) in [5.74, 6) is 0. The number of benzene rings is 5. The van der Waals surface area contributed by atoms with Crippen molar-refractivity contribution in [2.75, 3.05) is 0 Å². The molecule has 0 aliphatic heterocycles. The molecule has 0 aromatic heterocycles. The molecule has 120 valence electrons. The van der Waals surface area contributed by atoms with Gasteiger partial charge in [0.2, 0.25) is 0 Å². The highest BCUT2D eigenvalue weighted by Gasteiger charge is 2.06. The van der Waals surface area contributed by atoms with Crippen LogP contribution in [0.1, 0.15) is 16.7 Å². The molecule has 0 spiro atoms. The molecule has 0 saturated heterocycles. The normalized spacial score (nSPS) is 11.8. The van der Waals surface area contributed by atoms with Crippen LogP contribution >= 0.6 is 0 Å². The molecule has 0 radical (unpaired) electrons. The molecule has 0 heteroatoms. The number of hydrogen-bond donors (Lipinski definition) is 0. The van der Waals surface area contributed by atoms with Gasteiger partial charge in [0.25, 0.3) is 0 Å². The molecule has 0 unspecified atom stereocenters. The third kappa shape index (κ3) is 2.14. The second kappa shape index (κ2) is 5.07. The van der Waals surface area contributed by atoms with Crippen molar-refractivity contribution >= 4 is 43.1 Å². The largest absolute Gasteiger partial charge is 0.0614 e. The minimum absolute atomic E-state index is 1.32. The molecular formula is C25H20. The van der Waals surface area contributed by atoms with Gasteiger partial charge in [0.05, 0.1) is 0 Å². The van der Waals surface area contributed by atoms with Gasteiger partial charge in [-0.3, -0.25) is 0 Å². The Kier molecular flexibility index (Phi) is 2.93. The number of fused-ring (bicyclic) bond motifs is 4. The standard InChI is InChI=1S/C25H20/c1-15-5-4-6-18-9-19-10-21-13-24-16(2)7-8-17(3)25(24)14-22(21)11-20(19)12-23(15)18/h4-14H,1-3H3. The summed E-state index contributed by atoms with van der Waals surface area (Å²) in [6, 6.07) is 25.0. The maximum Gasteiger partial charge on any atom is -0.0146 e. The summed E-state index contributed by atoms with van der Waals surface area (Å²) in [6.45, 7) is 6.59. The second-order valence-electron chi connectivity index (χ2n) is 7.29. The Bertz CT molecular complexity index is 1310. The smallest absolute Gasteiger partial charge is 0.0146 e. The van der Waals surface area contributed by atoms with E-state index >= 15 is 0 Å². The van der Waals surface area contributed by atoms with Crippen LogP contribution in [0.2, 0.25) is 0 Å². The summed E-state index contributed by atoms with van der Waals surface area (Å²) >= 11 is 0. The van der Waals surface area contributed by atoms with E-state index in [-0.39, 0.29) is 0 Å². The number of hydrogen-bond acceptors (Lipinski definition) is 0. The van der Waals surface area contributed by atoms with Crippen molar-refractivity contribution in [2.24, 2.45) is 0 Å². The number of aryl methyl sites for hydroxylation is 3. The van der Waals surface area contributed by atoms with E-state index in [1.54, 1.807) is 0 Å². The van der Waals surface area contributed by atoms with E-state index in [9.17, 15) is 0 Å². The molecule has 0 atom stereocenters. The molecule has 25 heavy (non-hydrogen) atoms. The SMILES string of the molecule is Cc1cccc2cc3cc4cc5c(C)ccc(C)c5cc4cc3cc12. The van der Waals surface area contributed by atoms with Crippen LogP contribution < -0.4 is 0 Å². The lowest BCUT2D eigenvalue weighted by atomic mass is 9.94. The quantitative estimate of drug-likeness (QED) is 0.264. The zero-order valence-corrected chi connectivity index (χ0v) is 14.9. The van der Waals surface area contributed by atoms with E-state index in [1.807, 2.05) is 0 Å². The van der Waals surface area contributed by atoms with Gasteiger partial charge in [0, 0.05) is 0 Å². The Morgan fingerprint density at radius 1 is 0.400 bits per heavy atom. The topological polar surface area (TPSA) is 0 Å². The number of rotatable bonds is 0. The summed E-state index contributed by atoms with van der Waals surface area (Å²) in [5.41, 5.74) is 4.03. The fourth-order valence-corrected chi connectivity index (χ4v) is 4.07. The average molecular weight is 320 g/mol. The summed E-state index contributed by atoms with van der Waals surface area (Å²) < 4.78 is 0. The Morgan fingerprint density at radius 2 is 0.840 bits per heavy atom. The van der Waals surface area contributed by atoms with Crippen LogP contribution in [-0.2, 0) is 0 Å². The Morgan fingerprint density at radius 3 is 1.44 bits per heavy atom. The van der Waals surface area contributed by atoms with Gasteiger partial charge in [-0.15, -0.1) is 0 Å². The van der Waals surface area contributed by atoms with Gasteiger partial charge in [-0.1, -0.05) is 30.3 Å². The molecule has 0 bridgehead atoms. The van der Waals surface area contributed by atoms with Crippen molar-refractivity contribution in [3.05, 3.63) is 83.4 Å². The zero-order valence-electron chi connectivity index (χ0n) is 14.9. The van der Waals surface area contributed by atoms with Crippen LogP contribution in [0, 0.1) is 20.8 Å². The highest BCUT2D eigenvalue weighted by atomic mass is 14.1. The fourth-order valence-electron chi connectivity index (χ4n) is 4.07. The monoisotopic (exact) mass is 320 g/mol.